The number of piperidine rings is 1. The molecule has 1 heterocycles. The maximum absolute atomic E-state index is 12.5. The zero-order chi connectivity index (χ0) is 27.5. The van der Waals surface area contributed by atoms with Crippen molar-refractivity contribution in [3.05, 3.63) is 56.1 Å². The number of amides is 1. The number of nitro benzene ring substituents is 2. The maximum atomic E-state index is 12.5. The van der Waals surface area contributed by atoms with Crippen LogP contribution in [0.25, 0.3) is 0 Å². The summed E-state index contributed by atoms with van der Waals surface area (Å²) >= 11 is 0. The monoisotopic (exact) mass is 521 g/mol. The first-order chi connectivity index (χ1) is 17.5. The Morgan fingerprint density at radius 1 is 1.11 bits per heavy atom. The van der Waals surface area contributed by atoms with Crippen molar-refractivity contribution >= 4 is 29.4 Å². The van der Waals surface area contributed by atoms with Crippen LogP contribution in [0.5, 0.6) is 0 Å². The van der Waals surface area contributed by atoms with Crippen molar-refractivity contribution in [2.45, 2.75) is 58.7 Å². The normalized spacial score (nSPS) is 14.4. The van der Waals surface area contributed by atoms with Gasteiger partial charge in [-0.2, -0.15) is 0 Å². The minimum absolute atomic E-state index is 0.0747. The molecule has 0 aromatic heterocycles. The van der Waals surface area contributed by atoms with Gasteiger partial charge >= 0.3 is 18.0 Å². The van der Waals surface area contributed by atoms with Crippen LogP contribution in [-0.4, -0.2) is 58.6 Å². The quantitative estimate of drug-likeness (QED) is 0.128. The number of nitrogens with zero attached hydrogens (tertiary/aromatic N) is 3. The summed E-state index contributed by atoms with van der Waals surface area (Å²) in [6.45, 7) is 6.69. The summed E-state index contributed by atoms with van der Waals surface area (Å²) in [6.07, 6.45) is 1.44. The van der Waals surface area contributed by atoms with Crippen LogP contribution >= 0.6 is 0 Å². The number of unbranched alkanes of at least 4 members (excludes halogenated alkanes) is 1. The first-order valence-corrected chi connectivity index (χ1v) is 11.9. The van der Waals surface area contributed by atoms with Gasteiger partial charge < -0.3 is 19.1 Å². The summed E-state index contributed by atoms with van der Waals surface area (Å²) in [6, 6.07) is 3.38. The molecule has 1 aliphatic rings. The van der Waals surface area contributed by atoms with E-state index in [1.807, 2.05) is 6.92 Å². The van der Waals surface area contributed by atoms with E-state index in [-0.39, 0.29) is 30.8 Å². The molecule has 0 N–H and O–H groups in total. The molecule has 1 aliphatic heterocycles. The van der Waals surface area contributed by atoms with Gasteiger partial charge in [0.2, 0.25) is 0 Å². The van der Waals surface area contributed by atoms with E-state index in [4.69, 9.17) is 14.2 Å². The predicted octanol–water partition coefficient (Wildman–Crippen LogP) is 4.07. The summed E-state index contributed by atoms with van der Waals surface area (Å²) in [4.78, 5) is 59.1. The van der Waals surface area contributed by atoms with Gasteiger partial charge in [-0.05, 0) is 38.7 Å². The molecule has 0 bridgehead atoms. The van der Waals surface area contributed by atoms with E-state index >= 15 is 0 Å². The Labute approximate surface area is 213 Å². The Kier molecular flexibility index (Phi) is 11.0. The van der Waals surface area contributed by atoms with Crippen LogP contribution < -0.4 is 0 Å². The minimum atomic E-state index is -0.800. The topological polar surface area (TPSA) is 168 Å². The fourth-order valence-corrected chi connectivity index (χ4v) is 3.73. The highest BCUT2D eigenvalue weighted by atomic mass is 16.6. The van der Waals surface area contributed by atoms with Crippen molar-refractivity contribution in [3.8, 4) is 0 Å². The SMILES string of the molecule is C=C(C)C(=O)OC(CCCC)COC(=O)C1CCN(C(=O)OCc2c([N+](=O)[O-])cccc2[N+](=O)[O-])CC1. The zero-order valence-corrected chi connectivity index (χ0v) is 20.9. The van der Waals surface area contributed by atoms with Gasteiger partial charge in [0.15, 0.2) is 0 Å². The molecule has 1 unspecified atom stereocenters. The molecule has 2 rings (SSSR count). The van der Waals surface area contributed by atoms with Crippen molar-refractivity contribution < 1.29 is 38.4 Å². The van der Waals surface area contributed by atoms with Gasteiger partial charge in [0.25, 0.3) is 11.4 Å². The Hall–Kier alpha value is -4.03. The number of hydrogen-bond acceptors (Lipinski definition) is 10. The van der Waals surface area contributed by atoms with Crippen molar-refractivity contribution in [2.24, 2.45) is 5.92 Å². The first kappa shape index (κ1) is 29.2. The number of nitro groups is 2. The fourth-order valence-electron chi connectivity index (χ4n) is 3.73. The molecule has 0 radical (unpaired) electrons. The number of carbonyl (C=O) groups excluding carboxylic acids is 3. The molecular weight excluding hydrogens is 490 g/mol. The lowest BCUT2D eigenvalue weighted by Crippen LogP contribution is -2.41. The molecule has 1 aromatic rings. The van der Waals surface area contributed by atoms with Crippen LogP contribution in [0, 0.1) is 26.1 Å². The largest absolute Gasteiger partial charge is 0.462 e. The van der Waals surface area contributed by atoms with Gasteiger partial charge in [0, 0.05) is 30.8 Å². The molecule has 13 nitrogen and oxygen atoms in total. The van der Waals surface area contributed by atoms with Crippen LogP contribution in [0.15, 0.2) is 30.4 Å². The summed E-state index contributed by atoms with van der Waals surface area (Å²) in [7, 11) is 0. The first-order valence-electron chi connectivity index (χ1n) is 11.9. The van der Waals surface area contributed by atoms with Crippen molar-refractivity contribution in [3.63, 3.8) is 0 Å². The van der Waals surface area contributed by atoms with Gasteiger partial charge in [0.05, 0.1) is 15.8 Å². The Morgan fingerprint density at radius 3 is 2.22 bits per heavy atom. The van der Waals surface area contributed by atoms with Crippen LogP contribution in [-0.2, 0) is 30.4 Å². The number of benzene rings is 1. The number of hydrogen-bond donors (Lipinski definition) is 0. The highest BCUT2D eigenvalue weighted by Gasteiger charge is 2.31. The molecule has 1 fully saturated rings. The molecule has 0 aliphatic carbocycles. The van der Waals surface area contributed by atoms with Gasteiger partial charge in [-0.15, -0.1) is 0 Å². The number of ether oxygens (including phenoxy) is 3. The van der Waals surface area contributed by atoms with E-state index in [0.29, 0.717) is 19.3 Å². The average Bonchev–Trinajstić information content (AvgIpc) is 2.88. The van der Waals surface area contributed by atoms with Gasteiger partial charge in [-0.25, -0.2) is 9.59 Å². The lowest BCUT2D eigenvalue weighted by Gasteiger charge is -2.30. The summed E-state index contributed by atoms with van der Waals surface area (Å²) in [5.74, 6) is -1.48. The van der Waals surface area contributed by atoms with E-state index in [1.165, 1.54) is 17.9 Å². The second kappa shape index (κ2) is 13.9. The molecule has 37 heavy (non-hydrogen) atoms. The van der Waals surface area contributed by atoms with Crippen LogP contribution in [0.1, 0.15) is 51.5 Å². The second-order valence-corrected chi connectivity index (χ2v) is 8.68. The number of likely N-dealkylation sites (tertiary alicyclic amines) is 1. The van der Waals surface area contributed by atoms with Crippen LogP contribution in [0.3, 0.4) is 0 Å². The van der Waals surface area contributed by atoms with Crippen molar-refractivity contribution in [1.29, 1.82) is 0 Å². The Bertz CT molecular complexity index is 1000. The molecule has 1 atom stereocenters. The van der Waals surface area contributed by atoms with Crippen molar-refractivity contribution in [1.82, 2.24) is 4.90 Å². The molecule has 1 aromatic carbocycles. The highest BCUT2D eigenvalue weighted by Crippen LogP contribution is 2.29. The third-order valence-corrected chi connectivity index (χ3v) is 5.86. The molecule has 1 amide bonds. The van der Waals surface area contributed by atoms with Crippen LogP contribution in [0.4, 0.5) is 16.2 Å². The molecule has 0 saturated carbocycles. The maximum Gasteiger partial charge on any atom is 0.410 e. The van der Waals surface area contributed by atoms with E-state index in [9.17, 15) is 34.6 Å². The zero-order valence-electron chi connectivity index (χ0n) is 20.9. The summed E-state index contributed by atoms with van der Waals surface area (Å²) in [5, 5.41) is 22.5. The number of esters is 2. The second-order valence-electron chi connectivity index (χ2n) is 8.68. The van der Waals surface area contributed by atoms with E-state index in [0.717, 1.165) is 25.0 Å². The summed E-state index contributed by atoms with van der Waals surface area (Å²) < 4.78 is 15.8. The van der Waals surface area contributed by atoms with Gasteiger partial charge in [-0.1, -0.05) is 19.9 Å². The lowest BCUT2D eigenvalue weighted by atomic mass is 9.97. The molecule has 202 valence electrons. The third kappa shape index (κ3) is 8.54. The summed E-state index contributed by atoms with van der Waals surface area (Å²) in [5.41, 5.74) is -1.10. The predicted molar refractivity (Wildman–Crippen MR) is 129 cm³/mol. The molecule has 1 saturated heterocycles. The Morgan fingerprint density at radius 2 is 1.70 bits per heavy atom. The third-order valence-electron chi connectivity index (χ3n) is 5.86. The fraction of sp³-hybridized carbons (Fsp3) is 0.542. The van der Waals surface area contributed by atoms with Gasteiger partial charge in [0.1, 0.15) is 24.9 Å². The van der Waals surface area contributed by atoms with E-state index in [1.54, 1.807) is 0 Å². The number of rotatable bonds is 12. The molecular formula is C24H31N3O10. The lowest BCUT2D eigenvalue weighted by molar-refractivity contribution is -0.396. The van der Waals surface area contributed by atoms with Gasteiger partial charge in [-0.3, -0.25) is 25.0 Å². The molecule has 0 spiro atoms. The average molecular weight is 522 g/mol. The number of carbonyl (C=O) groups is 3. The standard InChI is InChI=1S/C24H31N3O10/c1-4-5-7-18(37-22(28)16(2)3)14-35-23(29)17-10-12-25(13-11-17)24(30)36-15-19-20(26(31)32)8-6-9-21(19)27(33)34/h6,8-9,17-18H,2,4-5,7,10-15H2,1,3H3. The van der Waals surface area contributed by atoms with Crippen molar-refractivity contribution in [2.75, 3.05) is 19.7 Å². The molecule has 13 heteroatoms. The smallest absolute Gasteiger partial charge is 0.410 e. The van der Waals surface area contributed by atoms with E-state index < -0.39 is 57.9 Å². The minimum Gasteiger partial charge on any atom is -0.462 e. The highest BCUT2D eigenvalue weighted by molar-refractivity contribution is 5.87. The Balaban J connectivity index is 1.88. The van der Waals surface area contributed by atoms with E-state index in [2.05, 4.69) is 6.58 Å². The van der Waals surface area contributed by atoms with Crippen LogP contribution in [0.2, 0.25) is 0 Å².